The van der Waals surface area contributed by atoms with E-state index in [-0.39, 0.29) is 18.0 Å². The molecule has 3 atom stereocenters. The van der Waals surface area contributed by atoms with Gasteiger partial charge in [0.2, 0.25) is 0 Å². The number of sulfone groups is 1. The lowest BCUT2D eigenvalue weighted by Gasteiger charge is -2.14. The average Bonchev–Trinajstić information content (AvgIpc) is 3.34. The fraction of sp³-hybridized carbons (Fsp3) is 0.316. The molecule has 144 valence electrons. The third kappa shape index (κ3) is 3.42. The van der Waals surface area contributed by atoms with Crippen molar-refractivity contribution in [1.29, 1.82) is 0 Å². The number of halogens is 2. The van der Waals surface area contributed by atoms with E-state index in [1.54, 1.807) is 19.1 Å². The van der Waals surface area contributed by atoms with Crippen molar-refractivity contribution in [3.05, 3.63) is 63.6 Å². The van der Waals surface area contributed by atoms with Crippen LogP contribution >= 0.6 is 27.5 Å². The van der Waals surface area contributed by atoms with Gasteiger partial charge in [-0.25, -0.2) is 8.42 Å². The highest BCUT2D eigenvalue weighted by Gasteiger charge is 2.75. The number of esters is 1. The van der Waals surface area contributed by atoms with E-state index < -0.39 is 32.4 Å². The van der Waals surface area contributed by atoms with Gasteiger partial charge in [0.05, 0.1) is 16.8 Å². The predicted octanol–water partition coefficient (Wildman–Crippen LogP) is 3.55. The Morgan fingerprint density at radius 1 is 1.19 bits per heavy atom. The topological polar surface area (TPSA) is 86.5 Å². The Hall–Kier alpha value is -1.41. The molecule has 0 aromatic heterocycles. The summed E-state index contributed by atoms with van der Waals surface area (Å²) in [4.78, 5) is 12.9. The molecule has 1 aliphatic carbocycles. The molecule has 3 rings (SSSR count). The minimum atomic E-state index is -3.82. The van der Waals surface area contributed by atoms with Crippen molar-refractivity contribution in [3.8, 4) is 0 Å². The Morgan fingerprint density at radius 3 is 2.30 bits per heavy atom. The Balaban J connectivity index is 2.10. The molecule has 2 aromatic rings. The van der Waals surface area contributed by atoms with Gasteiger partial charge in [-0.15, -0.1) is 0 Å². The Kier molecular flexibility index (Phi) is 5.68. The van der Waals surface area contributed by atoms with Crippen LogP contribution in [0.5, 0.6) is 0 Å². The van der Waals surface area contributed by atoms with Crippen LogP contribution in [0.3, 0.4) is 0 Å². The van der Waals surface area contributed by atoms with Crippen LogP contribution in [-0.4, -0.2) is 32.8 Å². The number of rotatable bonds is 6. The molecule has 0 saturated heterocycles. The third-order valence-corrected chi connectivity index (χ3v) is 8.03. The van der Waals surface area contributed by atoms with Crippen LogP contribution in [0.1, 0.15) is 18.4 Å². The lowest BCUT2D eigenvalue weighted by Crippen LogP contribution is -2.33. The van der Waals surface area contributed by atoms with Gasteiger partial charge >= 0.3 is 5.97 Å². The minimum absolute atomic E-state index is 0.110. The molecule has 27 heavy (non-hydrogen) atoms. The number of benzene rings is 2. The average molecular weight is 473 g/mol. The monoisotopic (exact) mass is 471 g/mol. The van der Waals surface area contributed by atoms with E-state index in [0.29, 0.717) is 5.02 Å². The van der Waals surface area contributed by atoms with E-state index in [0.717, 1.165) is 10.0 Å². The molecule has 2 N–H and O–H groups in total. The second-order valence-electron chi connectivity index (χ2n) is 6.41. The van der Waals surface area contributed by atoms with Crippen molar-refractivity contribution in [2.75, 3.05) is 13.2 Å². The van der Waals surface area contributed by atoms with Crippen molar-refractivity contribution in [2.24, 2.45) is 11.1 Å². The molecule has 0 amide bonds. The first-order chi connectivity index (χ1) is 12.8. The molecule has 1 fully saturated rings. The standard InChI is InChI=1S/C19H19BrClNO4S/c1-2-26-18(23)19(11-22)16(12-3-5-13(20)6-4-12)17(19)27(24,25)15-9-7-14(21)8-10-15/h3-10,16-17H,2,11,22H2,1H3/t16-,17-,19+/m0/s1. The lowest BCUT2D eigenvalue weighted by atomic mass is 9.99. The maximum atomic E-state index is 13.3. The van der Waals surface area contributed by atoms with Crippen LogP contribution in [0.4, 0.5) is 0 Å². The largest absolute Gasteiger partial charge is 0.465 e. The number of ether oxygens (including phenoxy) is 1. The highest BCUT2D eigenvalue weighted by atomic mass is 79.9. The van der Waals surface area contributed by atoms with Gasteiger partial charge in [-0.3, -0.25) is 4.79 Å². The first-order valence-electron chi connectivity index (χ1n) is 8.41. The highest BCUT2D eigenvalue weighted by Crippen LogP contribution is 2.64. The van der Waals surface area contributed by atoms with Crippen molar-refractivity contribution in [1.82, 2.24) is 0 Å². The van der Waals surface area contributed by atoms with Gasteiger partial charge in [-0.1, -0.05) is 39.7 Å². The molecule has 8 heteroatoms. The van der Waals surface area contributed by atoms with Gasteiger partial charge < -0.3 is 10.5 Å². The van der Waals surface area contributed by atoms with E-state index in [9.17, 15) is 13.2 Å². The molecule has 0 radical (unpaired) electrons. The van der Waals surface area contributed by atoms with E-state index >= 15 is 0 Å². The van der Waals surface area contributed by atoms with E-state index in [4.69, 9.17) is 22.1 Å². The first kappa shape index (κ1) is 20.3. The lowest BCUT2D eigenvalue weighted by molar-refractivity contribution is -0.149. The van der Waals surface area contributed by atoms with E-state index in [2.05, 4.69) is 15.9 Å². The molecule has 5 nitrogen and oxygen atoms in total. The fourth-order valence-corrected chi connectivity index (χ4v) is 6.38. The maximum absolute atomic E-state index is 13.3. The molecule has 0 heterocycles. The molecule has 1 saturated carbocycles. The number of nitrogens with two attached hydrogens (primary N) is 1. The number of hydrogen-bond donors (Lipinski definition) is 1. The SMILES string of the molecule is CCOC(=O)[C@]1(CN)[C@@H](c2ccc(Br)cc2)[C@@H]1S(=O)(=O)c1ccc(Cl)cc1. The van der Waals surface area contributed by atoms with Crippen molar-refractivity contribution >= 4 is 43.3 Å². The van der Waals surface area contributed by atoms with Crippen molar-refractivity contribution < 1.29 is 17.9 Å². The minimum Gasteiger partial charge on any atom is -0.465 e. The van der Waals surface area contributed by atoms with Gasteiger partial charge in [0.1, 0.15) is 5.41 Å². The zero-order chi connectivity index (χ0) is 19.8. The Morgan fingerprint density at radius 2 is 1.78 bits per heavy atom. The maximum Gasteiger partial charge on any atom is 0.315 e. The first-order valence-corrected chi connectivity index (χ1v) is 11.1. The third-order valence-electron chi connectivity index (χ3n) is 4.96. The smallest absolute Gasteiger partial charge is 0.315 e. The molecule has 0 unspecified atom stereocenters. The van der Waals surface area contributed by atoms with Gasteiger partial charge in [-0.2, -0.15) is 0 Å². The summed E-state index contributed by atoms with van der Waals surface area (Å²) >= 11 is 9.24. The second-order valence-corrected chi connectivity index (χ2v) is 9.84. The summed E-state index contributed by atoms with van der Waals surface area (Å²) in [7, 11) is -3.82. The molecule has 0 bridgehead atoms. The predicted molar refractivity (Wildman–Crippen MR) is 107 cm³/mol. The van der Waals surface area contributed by atoms with Gasteiger partial charge in [0, 0.05) is 22.0 Å². The second kappa shape index (κ2) is 7.54. The summed E-state index contributed by atoms with van der Waals surface area (Å²) < 4.78 is 32.7. The molecule has 2 aromatic carbocycles. The summed E-state index contributed by atoms with van der Waals surface area (Å²) in [6.45, 7) is 1.72. The summed E-state index contributed by atoms with van der Waals surface area (Å²) in [5.41, 5.74) is 5.38. The normalized spacial score (nSPS) is 24.4. The number of hydrogen-bond acceptors (Lipinski definition) is 5. The van der Waals surface area contributed by atoms with Crippen LogP contribution < -0.4 is 5.73 Å². The molecule has 0 aliphatic heterocycles. The van der Waals surface area contributed by atoms with Gasteiger partial charge in [0.15, 0.2) is 9.84 Å². The fourth-order valence-electron chi connectivity index (χ4n) is 3.61. The molecule has 0 spiro atoms. The van der Waals surface area contributed by atoms with Crippen LogP contribution in [0, 0.1) is 5.41 Å². The summed E-state index contributed by atoms with van der Waals surface area (Å²) in [5.74, 6) is -1.15. The van der Waals surface area contributed by atoms with Crippen LogP contribution in [0.2, 0.25) is 5.02 Å². The summed E-state index contributed by atoms with van der Waals surface area (Å²) in [5, 5.41) is -0.555. The van der Waals surface area contributed by atoms with Crippen LogP contribution in [0.15, 0.2) is 57.9 Å². The summed E-state index contributed by atoms with van der Waals surface area (Å²) in [6, 6.07) is 13.1. The molecule has 1 aliphatic rings. The zero-order valence-electron chi connectivity index (χ0n) is 14.6. The van der Waals surface area contributed by atoms with Crippen LogP contribution in [0.25, 0.3) is 0 Å². The number of carbonyl (C=O) groups excluding carboxylic acids is 1. The molecular formula is C19H19BrClNO4S. The van der Waals surface area contributed by atoms with Crippen molar-refractivity contribution in [3.63, 3.8) is 0 Å². The van der Waals surface area contributed by atoms with Crippen molar-refractivity contribution in [2.45, 2.75) is 23.0 Å². The van der Waals surface area contributed by atoms with Gasteiger partial charge in [-0.05, 0) is 48.9 Å². The Labute approximate surface area is 171 Å². The van der Waals surface area contributed by atoms with E-state index in [1.165, 1.54) is 24.3 Å². The number of carbonyl (C=O) groups is 1. The van der Waals surface area contributed by atoms with Crippen LogP contribution in [-0.2, 0) is 19.4 Å². The highest BCUT2D eigenvalue weighted by molar-refractivity contribution is 9.10. The molecular weight excluding hydrogens is 454 g/mol. The Bertz CT molecular complexity index is 947. The quantitative estimate of drug-likeness (QED) is 0.650. The zero-order valence-corrected chi connectivity index (χ0v) is 17.7. The van der Waals surface area contributed by atoms with Gasteiger partial charge in [0.25, 0.3) is 0 Å². The van der Waals surface area contributed by atoms with E-state index in [1.807, 2.05) is 12.1 Å². The summed E-state index contributed by atoms with van der Waals surface area (Å²) in [6.07, 6.45) is 0.